The van der Waals surface area contributed by atoms with Gasteiger partial charge in [-0.25, -0.2) is 4.98 Å². The van der Waals surface area contributed by atoms with Crippen LogP contribution in [0, 0.1) is 17.8 Å². The third-order valence-electron chi connectivity index (χ3n) is 7.53. The Kier molecular flexibility index (Phi) is 3.87. The predicted octanol–water partition coefficient (Wildman–Crippen LogP) is 6.29. The van der Waals surface area contributed by atoms with Gasteiger partial charge in [0.1, 0.15) is 11.6 Å². The molecule has 0 spiro atoms. The lowest BCUT2D eigenvalue weighted by Crippen LogP contribution is -2.54. The van der Waals surface area contributed by atoms with Gasteiger partial charge >= 0.3 is 0 Å². The molecule has 4 aliphatic rings. The minimum absolute atomic E-state index is 0.260. The topological polar surface area (TPSA) is 34.1 Å². The third-order valence-corrected chi connectivity index (χ3v) is 7.53. The van der Waals surface area contributed by atoms with Gasteiger partial charge in [0.05, 0.1) is 12.6 Å². The van der Waals surface area contributed by atoms with Crippen LogP contribution in [-0.4, -0.2) is 17.6 Å². The van der Waals surface area contributed by atoms with Crippen molar-refractivity contribution in [2.24, 2.45) is 17.8 Å². The normalized spacial score (nSPS) is 29.9. The zero-order valence-electron chi connectivity index (χ0n) is 17.0. The number of hydrogen-bond donors (Lipinski definition) is 1. The van der Waals surface area contributed by atoms with E-state index in [1.165, 1.54) is 49.7 Å². The Morgan fingerprint density at radius 3 is 2.24 bits per heavy atom. The second kappa shape index (κ2) is 6.48. The molecule has 1 N–H and O–H groups in total. The number of aromatic nitrogens is 1. The summed E-state index contributed by atoms with van der Waals surface area (Å²) in [6.07, 6.45) is 8.34. The summed E-state index contributed by atoms with van der Waals surface area (Å²) in [5, 5.41) is 5.12. The number of hydrogen-bond acceptors (Lipinski definition) is 3. The summed E-state index contributed by atoms with van der Waals surface area (Å²) in [5.41, 5.74) is 3.73. The maximum atomic E-state index is 5.49. The molecule has 4 aliphatic carbocycles. The quantitative estimate of drug-likeness (QED) is 0.574. The molecule has 0 saturated heterocycles. The van der Waals surface area contributed by atoms with E-state index in [1.54, 1.807) is 7.11 Å². The van der Waals surface area contributed by atoms with E-state index in [0.717, 1.165) is 40.2 Å². The molecular formula is C26H28N2O. The van der Waals surface area contributed by atoms with Crippen LogP contribution in [0.4, 0.5) is 5.82 Å². The molecule has 1 aromatic heterocycles. The van der Waals surface area contributed by atoms with E-state index in [4.69, 9.17) is 9.72 Å². The first-order valence-electron chi connectivity index (χ1n) is 11.0. The van der Waals surface area contributed by atoms with Crippen molar-refractivity contribution in [2.75, 3.05) is 12.4 Å². The monoisotopic (exact) mass is 384 g/mol. The summed E-state index contributed by atoms with van der Waals surface area (Å²) < 4.78 is 5.49. The second-order valence-electron chi connectivity index (χ2n) is 9.63. The smallest absolute Gasteiger partial charge is 0.127 e. The van der Waals surface area contributed by atoms with E-state index in [2.05, 4.69) is 53.8 Å². The highest BCUT2D eigenvalue weighted by Gasteiger charge is 2.51. The molecule has 3 nitrogen and oxygen atoms in total. The lowest BCUT2D eigenvalue weighted by atomic mass is 9.53. The van der Waals surface area contributed by atoms with Gasteiger partial charge in [-0.2, -0.15) is 0 Å². The predicted molar refractivity (Wildman–Crippen MR) is 118 cm³/mol. The van der Waals surface area contributed by atoms with E-state index in [-0.39, 0.29) is 5.54 Å². The first-order chi connectivity index (χ1) is 14.2. The van der Waals surface area contributed by atoms with Gasteiger partial charge in [0.25, 0.3) is 0 Å². The fourth-order valence-electron chi connectivity index (χ4n) is 6.79. The summed E-state index contributed by atoms with van der Waals surface area (Å²) >= 11 is 0. The Labute approximate surface area is 172 Å². The van der Waals surface area contributed by atoms with Crippen molar-refractivity contribution in [2.45, 2.75) is 44.1 Å². The van der Waals surface area contributed by atoms with E-state index in [9.17, 15) is 0 Å². The van der Waals surface area contributed by atoms with Crippen LogP contribution >= 0.6 is 0 Å². The molecule has 0 aliphatic heterocycles. The van der Waals surface area contributed by atoms with E-state index < -0.39 is 0 Å². The second-order valence-corrected chi connectivity index (χ2v) is 9.63. The summed E-state index contributed by atoms with van der Waals surface area (Å²) in [4.78, 5) is 5.05. The summed E-state index contributed by atoms with van der Waals surface area (Å²) in [5.74, 6) is 4.67. The van der Waals surface area contributed by atoms with Gasteiger partial charge in [0.2, 0.25) is 0 Å². The fraction of sp³-hybridized carbons (Fsp3) is 0.423. The van der Waals surface area contributed by atoms with Gasteiger partial charge in [-0.05, 0) is 91.7 Å². The molecule has 29 heavy (non-hydrogen) atoms. The number of benzene rings is 2. The lowest BCUT2D eigenvalue weighted by Gasteiger charge is -2.57. The number of nitrogens with zero attached hydrogens (tertiary/aromatic N) is 1. The minimum atomic E-state index is 0.260. The number of rotatable bonds is 4. The highest BCUT2D eigenvalue weighted by atomic mass is 16.5. The first kappa shape index (κ1) is 17.3. The molecule has 0 unspecified atom stereocenters. The first-order valence-corrected chi connectivity index (χ1v) is 11.0. The standard InChI is InChI=1S/C26H28N2O/c1-29-21-7-8-24-23(12-21)22(20-5-3-2-4-6-20)13-25(27-24)28-26-14-17-9-18(15-26)11-19(10-17)16-26/h2-8,12-13,17-19H,9-11,14-16H2,1H3,(H,27,28). The highest BCUT2D eigenvalue weighted by molar-refractivity contribution is 5.97. The van der Waals surface area contributed by atoms with Gasteiger partial charge in [-0.15, -0.1) is 0 Å². The van der Waals surface area contributed by atoms with Gasteiger partial charge in [0.15, 0.2) is 0 Å². The van der Waals surface area contributed by atoms with Crippen LogP contribution in [0.1, 0.15) is 38.5 Å². The average Bonchev–Trinajstić information content (AvgIpc) is 2.72. The third kappa shape index (κ3) is 2.99. The zero-order valence-corrected chi connectivity index (χ0v) is 17.0. The summed E-state index contributed by atoms with van der Waals surface area (Å²) in [6, 6.07) is 19.1. The van der Waals surface area contributed by atoms with E-state index >= 15 is 0 Å². The maximum Gasteiger partial charge on any atom is 0.127 e. The van der Waals surface area contributed by atoms with Gasteiger partial charge in [-0.1, -0.05) is 30.3 Å². The number of nitrogens with one attached hydrogen (secondary N) is 1. The van der Waals surface area contributed by atoms with E-state index in [1.807, 2.05) is 6.07 Å². The van der Waals surface area contributed by atoms with Crippen LogP contribution in [0.5, 0.6) is 5.75 Å². The number of pyridine rings is 1. The molecule has 0 amide bonds. The Morgan fingerprint density at radius 2 is 1.59 bits per heavy atom. The fourth-order valence-corrected chi connectivity index (χ4v) is 6.79. The van der Waals surface area contributed by atoms with Crippen LogP contribution in [0.3, 0.4) is 0 Å². The molecule has 0 radical (unpaired) electrons. The number of anilines is 1. The molecule has 148 valence electrons. The van der Waals surface area contributed by atoms with Crippen molar-refractivity contribution in [1.29, 1.82) is 0 Å². The van der Waals surface area contributed by atoms with Crippen LogP contribution in [0.2, 0.25) is 0 Å². The van der Waals surface area contributed by atoms with E-state index in [0.29, 0.717) is 0 Å². The lowest BCUT2D eigenvalue weighted by molar-refractivity contribution is 0.0105. The van der Waals surface area contributed by atoms with Crippen molar-refractivity contribution in [3.8, 4) is 16.9 Å². The van der Waals surface area contributed by atoms with Crippen LogP contribution in [0.25, 0.3) is 22.0 Å². The molecule has 4 fully saturated rings. The van der Waals surface area contributed by atoms with Crippen LogP contribution < -0.4 is 10.1 Å². The van der Waals surface area contributed by atoms with Crippen molar-refractivity contribution >= 4 is 16.7 Å². The molecule has 7 rings (SSSR count). The van der Waals surface area contributed by atoms with Gasteiger partial charge < -0.3 is 10.1 Å². The number of methoxy groups -OCH3 is 1. The molecule has 1 heterocycles. The maximum absolute atomic E-state index is 5.49. The van der Waals surface area contributed by atoms with Gasteiger partial charge in [0, 0.05) is 10.9 Å². The zero-order chi connectivity index (χ0) is 19.4. The minimum Gasteiger partial charge on any atom is -0.497 e. The Morgan fingerprint density at radius 1 is 0.897 bits per heavy atom. The van der Waals surface area contributed by atoms with Crippen molar-refractivity contribution < 1.29 is 4.74 Å². The Hall–Kier alpha value is -2.55. The van der Waals surface area contributed by atoms with Crippen molar-refractivity contribution in [1.82, 2.24) is 4.98 Å². The highest BCUT2D eigenvalue weighted by Crippen LogP contribution is 2.56. The molecule has 3 aromatic rings. The average molecular weight is 385 g/mol. The van der Waals surface area contributed by atoms with Crippen LogP contribution in [0.15, 0.2) is 54.6 Å². The molecule has 3 heteroatoms. The molecule has 4 saturated carbocycles. The number of ether oxygens (including phenoxy) is 1. The Balaban J connectivity index is 1.45. The largest absolute Gasteiger partial charge is 0.497 e. The molecular weight excluding hydrogens is 356 g/mol. The van der Waals surface area contributed by atoms with Crippen LogP contribution in [-0.2, 0) is 0 Å². The SMILES string of the molecule is COc1ccc2nc(NC34CC5CC(CC(C5)C3)C4)cc(-c3ccccc3)c2c1. The summed E-state index contributed by atoms with van der Waals surface area (Å²) in [7, 11) is 1.72. The van der Waals surface area contributed by atoms with Gasteiger partial charge in [-0.3, -0.25) is 0 Å². The molecule has 0 atom stereocenters. The molecule has 2 aromatic carbocycles. The van der Waals surface area contributed by atoms with Crippen molar-refractivity contribution in [3.05, 3.63) is 54.6 Å². The van der Waals surface area contributed by atoms with Crippen molar-refractivity contribution in [3.63, 3.8) is 0 Å². The number of fused-ring (bicyclic) bond motifs is 1. The molecule has 4 bridgehead atoms. The summed E-state index contributed by atoms with van der Waals surface area (Å²) in [6.45, 7) is 0. The Bertz CT molecular complexity index is 1020.